The van der Waals surface area contributed by atoms with Gasteiger partial charge in [0.2, 0.25) is 11.8 Å². The van der Waals surface area contributed by atoms with Crippen molar-refractivity contribution in [2.75, 3.05) is 23.9 Å². The Morgan fingerprint density at radius 3 is 2.47 bits per heavy atom. The number of aromatic amines is 1. The van der Waals surface area contributed by atoms with Gasteiger partial charge in [0.05, 0.1) is 29.7 Å². The Kier molecular flexibility index (Phi) is 7.74. The molecule has 1 aromatic heterocycles. The lowest BCUT2D eigenvalue weighted by Crippen LogP contribution is -2.42. The zero-order valence-corrected chi connectivity index (χ0v) is 28.8. The summed E-state index contributed by atoms with van der Waals surface area (Å²) in [4.78, 5) is 58.7. The number of hydrogen-bond donors (Lipinski definition) is 2. The van der Waals surface area contributed by atoms with Gasteiger partial charge >= 0.3 is 4.87 Å². The van der Waals surface area contributed by atoms with Gasteiger partial charge in [0.25, 0.3) is 5.91 Å². The minimum Gasteiger partial charge on any atom is -0.497 e. The standard InChI is InChI=1S/C34H27BrClN3O6S2/c1-44-19-9-5-17(6-10-19)37-24(40)14-45-23-11-4-16(36)12-20(23)25-26-21-13-22(29(26)46-31-30(25)47-34(43)38-31)28-27(21)32(41)39(33(28)42)18-7-2-15(35)3-8-18/h2-12,21-22,25-29H,13-14H2,1H3,(H,37,40)(H,38,43)/t21-,22-,25-,26?,27?,28?,29?/m1/s1. The third kappa shape index (κ3) is 5.11. The minimum atomic E-state index is -0.448. The van der Waals surface area contributed by atoms with Crippen molar-refractivity contribution in [1.29, 1.82) is 0 Å². The van der Waals surface area contributed by atoms with E-state index < -0.39 is 11.8 Å². The second-order valence-electron chi connectivity index (χ2n) is 12.2. The predicted molar refractivity (Wildman–Crippen MR) is 184 cm³/mol. The van der Waals surface area contributed by atoms with Crippen LogP contribution in [0.4, 0.5) is 11.4 Å². The number of methoxy groups -OCH3 is 1. The van der Waals surface area contributed by atoms with Crippen molar-refractivity contribution < 1.29 is 23.9 Å². The molecule has 47 heavy (non-hydrogen) atoms. The van der Waals surface area contributed by atoms with Crippen LogP contribution in [0.15, 0.2) is 81.0 Å². The molecule has 4 unspecified atom stereocenters. The summed E-state index contributed by atoms with van der Waals surface area (Å²) in [5.74, 6) is -0.845. The highest BCUT2D eigenvalue weighted by molar-refractivity contribution is 9.10. The Morgan fingerprint density at radius 1 is 1.02 bits per heavy atom. The molecule has 8 rings (SSSR count). The molecule has 2 aliphatic carbocycles. The summed E-state index contributed by atoms with van der Waals surface area (Å²) in [6.07, 6.45) is 0.750. The van der Waals surface area contributed by atoms with Crippen molar-refractivity contribution in [2.45, 2.75) is 22.6 Å². The molecule has 0 radical (unpaired) electrons. The van der Waals surface area contributed by atoms with E-state index in [-0.39, 0.29) is 58.1 Å². The molecule has 13 heteroatoms. The first-order valence-corrected chi connectivity index (χ1v) is 18.0. The van der Waals surface area contributed by atoms with E-state index in [2.05, 4.69) is 26.2 Å². The van der Waals surface area contributed by atoms with Crippen LogP contribution in [0, 0.1) is 29.6 Å². The number of amides is 3. The number of fused-ring (bicyclic) bond motifs is 9. The summed E-state index contributed by atoms with van der Waals surface area (Å²) in [6.45, 7) is -0.252. The fourth-order valence-electron chi connectivity index (χ4n) is 8.12. The fourth-order valence-corrected chi connectivity index (χ4v) is 11.4. The number of ether oxygens (including phenoxy) is 2. The number of aromatic nitrogens is 1. The molecule has 4 aliphatic rings. The zero-order valence-electron chi connectivity index (χ0n) is 24.8. The molecule has 1 saturated heterocycles. The van der Waals surface area contributed by atoms with Gasteiger partial charge in [-0.2, -0.15) is 0 Å². The van der Waals surface area contributed by atoms with E-state index in [0.29, 0.717) is 27.9 Å². The molecule has 3 aromatic carbocycles. The molecule has 3 amide bonds. The van der Waals surface area contributed by atoms with Gasteiger partial charge in [-0.25, -0.2) is 0 Å². The Labute approximate surface area is 291 Å². The number of thiazole rings is 1. The number of anilines is 2. The van der Waals surface area contributed by atoms with Gasteiger partial charge in [-0.05, 0) is 90.9 Å². The van der Waals surface area contributed by atoms with E-state index in [4.69, 9.17) is 21.1 Å². The van der Waals surface area contributed by atoms with Gasteiger partial charge < -0.3 is 19.8 Å². The van der Waals surface area contributed by atoms with Gasteiger partial charge in [-0.15, -0.1) is 11.8 Å². The molecular formula is C34H27BrClN3O6S2. The minimum absolute atomic E-state index is 0.00387. The molecule has 3 fully saturated rings. The van der Waals surface area contributed by atoms with E-state index >= 15 is 0 Å². The van der Waals surface area contributed by atoms with Gasteiger partial charge in [-0.3, -0.25) is 24.1 Å². The molecule has 3 heterocycles. The number of carbonyl (C=O) groups excluding carboxylic acids is 3. The highest BCUT2D eigenvalue weighted by Gasteiger charge is 2.69. The second-order valence-corrected chi connectivity index (χ2v) is 15.8. The molecule has 9 nitrogen and oxygen atoms in total. The number of halogens is 2. The van der Waals surface area contributed by atoms with Gasteiger partial charge in [0, 0.05) is 36.8 Å². The van der Waals surface area contributed by atoms with Crippen molar-refractivity contribution >= 4 is 79.7 Å². The fraction of sp³-hybridized carbons (Fsp3) is 0.294. The van der Waals surface area contributed by atoms with Crippen LogP contribution in [0.5, 0.6) is 11.5 Å². The topological polar surface area (TPSA) is 118 Å². The van der Waals surface area contributed by atoms with Crippen LogP contribution in [0.1, 0.15) is 22.8 Å². The number of imide groups is 1. The Balaban J connectivity index is 1.12. The Bertz CT molecular complexity index is 1980. The molecule has 2 bridgehead atoms. The van der Waals surface area contributed by atoms with Crippen molar-refractivity contribution in [3.63, 3.8) is 0 Å². The highest BCUT2D eigenvalue weighted by atomic mass is 79.9. The monoisotopic (exact) mass is 751 g/mol. The maximum absolute atomic E-state index is 14.1. The van der Waals surface area contributed by atoms with E-state index in [0.717, 1.165) is 37.7 Å². The second kappa shape index (κ2) is 11.8. The molecule has 2 saturated carbocycles. The van der Waals surface area contributed by atoms with Crippen molar-refractivity contribution in [1.82, 2.24) is 4.98 Å². The average molecular weight is 753 g/mol. The molecule has 7 atom stereocenters. The lowest BCUT2D eigenvalue weighted by atomic mass is 9.68. The van der Waals surface area contributed by atoms with Crippen LogP contribution in [-0.2, 0) is 14.4 Å². The van der Waals surface area contributed by atoms with Crippen LogP contribution in [0.2, 0.25) is 5.02 Å². The first-order chi connectivity index (χ1) is 22.7. The van der Waals surface area contributed by atoms with Gasteiger partial charge in [-0.1, -0.05) is 38.9 Å². The zero-order chi connectivity index (χ0) is 32.6. The number of hydrogen-bond acceptors (Lipinski definition) is 8. The smallest absolute Gasteiger partial charge is 0.305 e. The number of H-pyrrole nitrogens is 1. The largest absolute Gasteiger partial charge is 0.497 e. The number of carbonyl (C=O) groups is 3. The van der Waals surface area contributed by atoms with E-state index in [1.54, 1.807) is 67.4 Å². The maximum Gasteiger partial charge on any atom is 0.305 e. The van der Waals surface area contributed by atoms with Crippen LogP contribution in [0.25, 0.3) is 0 Å². The number of thioether (sulfide) groups is 1. The summed E-state index contributed by atoms with van der Waals surface area (Å²) < 4.78 is 12.2. The third-order valence-corrected chi connectivity index (χ3v) is 13.2. The SMILES string of the molecule is COc1ccc(NC(=O)COc2ccc(Cl)cc2[C@H]2c3sc(=O)[nH]c3SC3C2[C@H]2C[C@@H]3C3C(=O)N(c4ccc(Br)cc4)C(=O)C32)cc1. The van der Waals surface area contributed by atoms with E-state index in [1.807, 2.05) is 18.2 Å². The predicted octanol–water partition coefficient (Wildman–Crippen LogP) is 6.56. The summed E-state index contributed by atoms with van der Waals surface area (Å²) in [5.41, 5.74) is 1.94. The number of rotatable bonds is 7. The van der Waals surface area contributed by atoms with E-state index in [1.165, 1.54) is 4.90 Å². The lowest BCUT2D eigenvalue weighted by molar-refractivity contribution is -0.123. The highest BCUT2D eigenvalue weighted by Crippen LogP contribution is 2.69. The first kappa shape index (κ1) is 30.7. The molecule has 240 valence electrons. The molecule has 4 aromatic rings. The molecule has 0 spiro atoms. The summed E-state index contributed by atoms with van der Waals surface area (Å²) >= 11 is 12.8. The quantitative estimate of drug-likeness (QED) is 0.206. The van der Waals surface area contributed by atoms with Crippen molar-refractivity contribution in [3.05, 3.63) is 96.3 Å². The number of benzene rings is 3. The number of nitrogens with one attached hydrogen (secondary N) is 2. The maximum atomic E-state index is 14.1. The van der Waals surface area contributed by atoms with Crippen LogP contribution in [-0.4, -0.2) is 41.7 Å². The molecule has 2 aliphatic heterocycles. The van der Waals surface area contributed by atoms with Gasteiger partial charge in [0.1, 0.15) is 11.5 Å². The lowest BCUT2D eigenvalue weighted by Gasteiger charge is -2.43. The molecule has 2 N–H and O–H groups in total. The van der Waals surface area contributed by atoms with Crippen LogP contribution < -0.4 is 24.6 Å². The summed E-state index contributed by atoms with van der Waals surface area (Å²) in [5, 5.41) is 4.10. The summed E-state index contributed by atoms with van der Waals surface area (Å²) in [7, 11) is 1.58. The van der Waals surface area contributed by atoms with Gasteiger partial charge in [0.15, 0.2) is 6.61 Å². The molecular weight excluding hydrogens is 726 g/mol. The van der Waals surface area contributed by atoms with Crippen LogP contribution >= 0.6 is 50.6 Å². The Hall–Kier alpha value is -3.58. The van der Waals surface area contributed by atoms with Crippen LogP contribution in [0.3, 0.4) is 0 Å². The van der Waals surface area contributed by atoms with Crippen molar-refractivity contribution in [3.8, 4) is 11.5 Å². The third-order valence-electron chi connectivity index (χ3n) is 9.85. The average Bonchev–Trinajstić information content (AvgIpc) is 3.80. The van der Waals surface area contributed by atoms with E-state index in [9.17, 15) is 19.2 Å². The van der Waals surface area contributed by atoms with Crippen molar-refractivity contribution in [2.24, 2.45) is 29.6 Å². The Morgan fingerprint density at radius 2 is 1.74 bits per heavy atom. The first-order valence-electron chi connectivity index (χ1n) is 15.1. The normalized spacial score (nSPS) is 27.0. The number of nitrogens with zero attached hydrogens (tertiary/aromatic N) is 1. The summed E-state index contributed by atoms with van der Waals surface area (Å²) in [6, 6.07) is 19.5.